The van der Waals surface area contributed by atoms with E-state index >= 15 is 0 Å². The molecule has 10 atom stereocenters. The van der Waals surface area contributed by atoms with Crippen LogP contribution < -0.4 is 0 Å². The molecular weight excluding hydrogens is 204 g/mol. The van der Waals surface area contributed by atoms with E-state index in [0.717, 1.165) is 40.9 Å². The van der Waals surface area contributed by atoms with Gasteiger partial charge in [-0.1, -0.05) is 41.5 Å². The van der Waals surface area contributed by atoms with E-state index in [1.54, 1.807) is 6.42 Å². The topological polar surface area (TPSA) is 0 Å². The van der Waals surface area contributed by atoms with E-state index in [0.29, 0.717) is 16.2 Å². The molecule has 10 unspecified atom stereocenters. The Morgan fingerprint density at radius 3 is 1.94 bits per heavy atom. The van der Waals surface area contributed by atoms with E-state index in [1.807, 2.05) is 0 Å². The summed E-state index contributed by atoms with van der Waals surface area (Å²) in [5, 5.41) is 0. The molecule has 5 aliphatic rings. The highest BCUT2D eigenvalue weighted by Gasteiger charge is 3.00. The molecule has 5 saturated carbocycles. The van der Waals surface area contributed by atoms with Crippen molar-refractivity contribution in [1.82, 2.24) is 0 Å². The highest BCUT2D eigenvalue weighted by molar-refractivity contribution is 5.47. The minimum atomic E-state index is 0.697. The number of fused-ring (bicyclic) bond motifs is 10. The van der Waals surface area contributed by atoms with Gasteiger partial charge in [0, 0.05) is 0 Å². The van der Waals surface area contributed by atoms with Gasteiger partial charge in [0.05, 0.1) is 0 Å². The Morgan fingerprint density at radius 2 is 1.35 bits per heavy atom. The Morgan fingerprint density at radius 1 is 0.765 bits per heavy atom. The lowest BCUT2D eigenvalue weighted by molar-refractivity contribution is -0.477. The van der Waals surface area contributed by atoms with Gasteiger partial charge in [-0.25, -0.2) is 0 Å². The Hall–Kier alpha value is 0. The van der Waals surface area contributed by atoms with Crippen LogP contribution in [0.1, 0.15) is 48.0 Å². The molecule has 17 heavy (non-hydrogen) atoms. The van der Waals surface area contributed by atoms with Crippen LogP contribution in [0, 0.1) is 57.2 Å². The van der Waals surface area contributed by atoms with E-state index < -0.39 is 0 Å². The first kappa shape index (κ1) is 9.87. The smallest absolute Gasteiger partial charge is 0.0170 e. The van der Waals surface area contributed by atoms with Crippen molar-refractivity contribution in [2.75, 3.05) is 0 Å². The number of hydrogen-bond acceptors (Lipinski definition) is 0. The van der Waals surface area contributed by atoms with Gasteiger partial charge >= 0.3 is 0 Å². The van der Waals surface area contributed by atoms with E-state index in [2.05, 4.69) is 41.5 Å². The summed E-state index contributed by atoms with van der Waals surface area (Å²) in [6, 6.07) is 0. The molecule has 0 aromatic rings. The Labute approximate surface area is 106 Å². The van der Waals surface area contributed by atoms with Gasteiger partial charge in [-0.15, -0.1) is 0 Å². The van der Waals surface area contributed by atoms with Crippen LogP contribution in [0.3, 0.4) is 0 Å². The maximum absolute atomic E-state index is 2.67. The van der Waals surface area contributed by atoms with Crippen LogP contribution in [0.25, 0.3) is 0 Å². The Balaban J connectivity index is 1.66. The second-order valence-electron chi connectivity index (χ2n) is 9.08. The van der Waals surface area contributed by atoms with E-state index in [9.17, 15) is 0 Å². The Kier molecular flexibility index (Phi) is 1.13. The number of rotatable bonds is 0. The minimum absolute atomic E-state index is 0.697. The zero-order chi connectivity index (χ0) is 12.2. The van der Waals surface area contributed by atoms with Gasteiger partial charge in [-0.2, -0.15) is 0 Å². The van der Waals surface area contributed by atoms with Crippen molar-refractivity contribution in [3.05, 3.63) is 0 Å². The lowest BCUT2D eigenvalue weighted by Crippen LogP contribution is -2.90. The molecule has 0 spiro atoms. The first-order valence-corrected chi connectivity index (χ1v) is 7.79. The normalized spacial score (nSPS) is 85.8. The summed E-state index contributed by atoms with van der Waals surface area (Å²) in [5.74, 6) is 6.49. The molecule has 0 radical (unpaired) electrons. The molecule has 5 rings (SSSR count). The zero-order valence-corrected chi connectivity index (χ0v) is 12.2. The third-order valence-electron chi connectivity index (χ3n) is 10.3. The summed E-state index contributed by atoms with van der Waals surface area (Å²) < 4.78 is 0. The molecule has 5 fully saturated rings. The molecule has 0 nitrogen and oxygen atoms in total. The van der Waals surface area contributed by atoms with Crippen LogP contribution in [0.4, 0.5) is 0 Å². The summed E-state index contributed by atoms with van der Waals surface area (Å²) in [4.78, 5) is 0. The average molecular weight is 230 g/mol. The quantitative estimate of drug-likeness (QED) is 0.547. The molecule has 0 amide bonds. The van der Waals surface area contributed by atoms with Crippen LogP contribution >= 0.6 is 0 Å². The summed E-state index contributed by atoms with van der Waals surface area (Å²) in [6.07, 6.45) is 1.54. The maximum atomic E-state index is 2.67. The van der Waals surface area contributed by atoms with E-state index in [4.69, 9.17) is 0 Å². The lowest BCUT2D eigenvalue weighted by atomic mass is 9.09. The first-order valence-electron chi connectivity index (χ1n) is 7.79. The van der Waals surface area contributed by atoms with Gasteiger partial charge < -0.3 is 0 Å². The van der Waals surface area contributed by atoms with Crippen molar-refractivity contribution in [3.8, 4) is 0 Å². The molecule has 0 heterocycles. The molecule has 0 bridgehead atoms. The molecule has 5 aliphatic carbocycles. The predicted molar refractivity (Wildman–Crippen MR) is 69.3 cm³/mol. The van der Waals surface area contributed by atoms with Gasteiger partial charge in [0.2, 0.25) is 0 Å². The van der Waals surface area contributed by atoms with Crippen molar-refractivity contribution in [1.29, 1.82) is 0 Å². The molecule has 0 saturated heterocycles. The second-order valence-corrected chi connectivity index (χ2v) is 9.08. The highest BCUT2D eigenvalue weighted by atomic mass is 15.0. The van der Waals surface area contributed by atoms with Crippen molar-refractivity contribution in [3.63, 3.8) is 0 Å². The van der Waals surface area contributed by atoms with Gasteiger partial charge in [-0.05, 0) is 63.6 Å². The monoisotopic (exact) mass is 230 g/mol. The van der Waals surface area contributed by atoms with Crippen LogP contribution in [0.2, 0.25) is 0 Å². The summed E-state index contributed by atoms with van der Waals surface area (Å²) in [5.41, 5.74) is 2.84. The van der Waals surface area contributed by atoms with Crippen molar-refractivity contribution in [2.24, 2.45) is 57.2 Å². The highest BCUT2D eigenvalue weighted by Crippen LogP contribution is 3.04. The van der Waals surface area contributed by atoms with Gasteiger partial charge in [-0.3, -0.25) is 0 Å². The minimum Gasteiger partial charge on any atom is -0.0619 e. The van der Waals surface area contributed by atoms with Crippen LogP contribution in [-0.2, 0) is 0 Å². The molecule has 0 N–H and O–H groups in total. The molecule has 94 valence electrons. The standard InChI is InChI=1S/C17H26/c1-8-7-10-12-13-11-9(2)15(11,4)17(13,6)16(12,5)14(8,10)3/h8-13H,7H2,1-6H3. The lowest BCUT2D eigenvalue weighted by Gasteiger charge is -2.94. The number of hydrogen-bond donors (Lipinski definition) is 0. The fourth-order valence-corrected chi connectivity index (χ4v) is 8.96. The molecule has 0 aliphatic heterocycles. The third kappa shape index (κ3) is 0.478. The van der Waals surface area contributed by atoms with Crippen LogP contribution in [-0.4, -0.2) is 0 Å². The Bertz CT molecular complexity index is 467. The SMILES string of the molecule is CC1CC2C3C4C5C(C)C5(C)C4(C)C3(C)C12C. The summed E-state index contributed by atoms with van der Waals surface area (Å²) >= 11 is 0. The maximum Gasteiger partial charge on any atom is -0.0170 e. The average Bonchev–Trinajstić information content (AvgIpc) is 2.80. The summed E-state index contributed by atoms with van der Waals surface area (Å²) in [6.45, 7) is 15.6. The van der Waals surface area contributed by atoms with Crippen LogP contribution in [0.5, 0.6) is 0 Å². The second kappa shape index (κ2) is 1.95. The molecular formula is C17H26. The largest absolute Gasteiger partial charge is 0.0619 e. The molecule has 0 aromatic carbocycles. The first-order chi connectivity index (χ1) is 7.79. The van der Waals surface area contributed by atoms with Crippen molar-refractivity contribution < 1.29 is 0 Å². The van der Waals surface area contributed by atoms with E-state index in [1.165, 1.54) is 0 Å². The summed E-state index contributed by atoms with van der Waals surface area (Å²) in [7, 11) is 0. The molecule has 0 aromatic heterocycles. The fraction of sp³-hybridized carbons (Fsp3) is 1.00. The van der Waals surface area contributed by atoms with Crippen LogP contribution in [0.15, 0.2) is 0 Å². The van der Waals surface area contributed by atoms with Crippen molar-refractivity contribution in [2.45, 2.75) is 48.0 Å². The predicted octanol–water partition coefficient (Wildman–Crippen LogP) is 4.21. The van der Waals surface area contributed by atoms with Gasteiger partial charge in [0.1, 0.15) is 0 Å². The van der Waals surface area contributed by atoms with E-state index in [-0.39, 0.29) is 0 Å². The van der Waals surface area contributed by atoms with Gasteiger partial charge in [0.25, 0.3) is 0 Å². The fourth-order valence-electron chi connectivity index (χ4n) is 8.96. The zero-order valence-electron chi connectivity index (χ0n) is 12.2. The third-order valence-corrected chi connectivity index (χ3v) is 10.3. The van der Waals surface area contributed by atoms with Crippen molar-refractivity contribution >= 4 is 0 Å². The molecule has 0 heteroatoms. The van der Waals surface area contributed by atoms with Gasteiger partial charge in [0.15, 0.2) is 0 Å².